The van der Waals surface area contributed by atoms with Gasteiger partial charge in [0.2, 0.25) is 0 Å². The number of aryl methyl sites for hydroxylation is 1. The summed E-state index contributed by atoms with van der Waals surface area (Å²) in [5, 5.41) is 0. The van der Waals surface area contributed by atoms with E-state index in [4.69, 9.17) is 9.47 Å². The Balaban J connectivity index is 1.82. The Morgan fingerprint density at radius 3 is 2.30 bits per heavy atom. The Bertz CT molecular complexity index is 520. The van der Waals surface area contributed by atoms with E-state index in [1.807, 2.05) is 12.1 Å². The molecule has 2 aromatic carbocycles. The van der Waals surface area contributed by atoms with Crippen LogP contribution in [0.3, 0.4) is 0 Å². The zero-order valence-electron chi connectivity index (χ0n) is 12.1. The van der Waals surface area contributed by atoms with Crippen molar-refractivity contribution in [1.29, 1.82) is 0 Å². The van der Waals surface area contributed by atoms with Gasteiger partial charge in [-0.05, 0) is 48.9 Å². The first-order valence-corrected chi connectivity index (χ1v) is 6.90. The third kappa shape index (κ3) is 4.02. The lowest BCUT2D eigenvalue weighted by molar-refractivity contribution is 0.354. The summed E-state index contributed by atoms with van der Waals surface area (Å²) < 4.78 is 10.6. The van der Waals surface area contributed by atoms with Crippen molar-refractivity contribution < 1.29 is 9.47 Å². The Kier molecular flexibility index (Phi) is 5.48. The molecule has 0 saturated carbocycles. The van der Waals surface area contributed by atoms with Crippen LogP contribution in [-0.4, -0.2) is 14.2 Å². The number of hydrogen-bond donors (Lipinski definition) is 0. The minimum absolute atomic E-state index is 0.782. The molecular formula is C18H21O2. The first-order chi connectivity index (χ1) is 9.83. The number of hydrogen-bond acceptors (Lipinski definition) is 2. The van der Waals surface area contributed by atoms with E-state index in [0.717, 1.165) is 30.8 Å². The van der Waals surface area contributed by atoms with E-state index < -0.39 is 0 Å². The molecule has 105 valence electrons. The highest BCUT2D eigenvalue weighted by Crippen LogP contribution is 2.28. The molecule has 0 fully saturated rings. The standard InChI is InChI=1S/C18H21O2/c1-19-17-13-12-16(14-18(17)20-2)11-7-6-10-15-8-4-3-5-9-15/h3-6,8-9,12-14H,7,10-11H2,1-2H3. The van der Waals surface area contributed by atoms with E-state index in [-0.39, 0.29) is 0 Å². The maximum absolute atomic E-state index is 5.32. The van der Waals surface area contributed by atoms with Crippen LogP contribution >= 0.6 is 0 Å². The highest BCUT2D eigenvalue weighted by Gasteiger charge is 2.04. The average molecular weight is 269 g/mol. The first kappa shape index (κ1) is 14.4. The van der Waals surface area contributed by atoms with Crippen LogP contribution in [0.2, 0.25) is 0 Å². The minimum Gasteiger partial charge on any atom is -0.493 e. The minimum atomic E-state index is 0.782. The zero-order chi connectivity index (χ0) is 14.2. The van der Waals surface area contributed by atoms with Crippen LogP contribution in [0, 0.1) is 6.42 Å². The van der Waals surface area contributed by atoms with E-state index in [1.165, 1.54) is 11.1 Å². The van der Waals surface area contributed by atoms with Gasteiger partial charge in [0.1, 0.15) is 0 Å². The fourth-order valence-corrected chi connectivity index (χ4v) is 2.19. The van der Waals surface area contributed by atoms with E-state index in [1.54, 1.807) is 14.2 Å². The maximum atomic E-state index is 5.32. The van der Waals surface area contributed by atoms with E-state index in [2.05, 4.69) is 42.8 Å². The third-order valence-corrected chi connectivity index (χ3v) is 3.31. The first-order valence-electron chi connectivity index (χ1n) is 6.90. The van der Waals surface area contributed by atoms with Gasteiger partial charge in [-0.2, -0.15) is 0 Å². The fraction of sp³-hybridized carbons (Fsp3) is 0.278. The van der Waals surface area contributed by atoms with Gasteiger partial charge in [0.15, 0.2) is 11.5 Å². The van der Waals surface area contributed by atoms with Crippen LogP contribution in [0.5, 0.6) is 11.5 Å². The molecule has 0 amide bonds. The summed E-state index contributed by atoms with van der Waals surface area (Å²) in [6.45, 7) is 0. The zero-order valence-corrected chi connectivity index (χ0v) is 12.1. The van der Waals surface area contributed by atoms with Crippen molar-refractivity contribution in [3.63, 3.8) is 0 Å². The number of benzene rings is 2. The molecule has 0 N–H and O–H groups in total. The Morgan fingerprint density at radius 2 is 1.60 bits per heavy atom. The van der Waals surface area contributed by atoms with Crippen molar-refractivity contribution in [2.45, 2.75) is 19.3 Å². The lowest BCUT2D eigenvalue weighted by Gasteiger charge is -2.09. The Morgan fingerprint density at radius 1 is 0.850 bits per heavy atom. The van der Waals surface area contributed by atoms with Crippen LogP contribution in [0.4, 0.5) is 0 Å². The SMILES string of the molecule is COc1ccc(CC[CH]Cc2ccccc2)cc1OC. The molecule has 1 radical (unpaired) electrons. The second kappa shape index (κ2) is 7.59. The molecule has 2 aromatic rings. The predicted molar refractivity (Wildman–Crippen MR) is 82.3 cm³/mol. The van der Waals surface area contributed by atoms with Crippen LogP contribution in [0.15, 0.2) is 48.5 Å². The molecule has 0 aliphatic rings. The maximum Gasteiger partial charge on any atom is 0.160 e. The van der Waals surface area contributed by atoms with Gasteiger partial charge in [0, 0.05) is 0 Å². The quantitative estimate of drug-likeness (QED) is 0.705. The molecule has 0 unspecified atom stereocenters. The van der Waals surface area contributed by atoms with Crippen molar-refractivity contribution in [3.8, 4) is 11.5 Å². The molecule has 20 heavy (non-hydrogen) atoms. The van der Waals surface area contributed by atoms with Crippen molar-refractivity contribution in [2.75, 3.05) is 14.2 Å². The number of ether oxygens (including phenoxy) is 2. The summed E-state index contributed by atoms with van der Waals surface area (Å²) in [5.41, 5.74) is 2.63. The fourth-order valence-electron chi connectivity index (χ4n) is 2.19. The second-order valence-corrected chi connectivity index (χ2v) is 4.71. The molecule has 0 saturated heterocycles. The van der Waals surface area contributed by atoms with E-state index in [0.29, 0.717) is 0 Å². The molecule has 2 nitrogen and oxygen atoms in total. The predicted octanol–water partition coefficient (Wildman–Crippen LogP) is 4.08. The molecule has 2 heteroatoms. The number of rotatable bonds is 7. The molecule has 0 aliphatic heterocycles. The monoisotopic (exact) mass is 269 g/mol. The normalized spacial score (nSPS) is 10.3. The molecule has 0 heterocycles. The summed E-state index contributed by atoms with van der Waals surface area (Å²) >= 11 is 0. The summed E-state index contributed by atoms with van der Waals surface area (Å²) in [7, 11) is 3.33. The molecule has 0 aliphatic carbocycles. The largest absolute Gasteiger partial charge is 0.493 e. The third-order valence-electron chi connectivity index (χ3n) is 3.31. The van der Waals surface area contributed by atoms with Gasteiger partial charge in [-0.1, -0.05) is 36.4 Å². The molecule has 0 aromatic heterocycles. The highest BCUT2D eigenvalue weighted by atomic mass is 16.5. The van der Waals surface area contributed by atoms with Crippen molar-refractivity contribution in [2.24, 2.45) is 0 Å². The van der Waals surface area contributed by atoms with Gasteiger partial charge < -0.3 is 9.47 Å². The lowest BCUT2D eigenvalue weighted by atomic mass is 10.0. The van der Waals surface area contributed by atoms with Crippen molar-refractivity contribution in [1.82, 2.24) is 0 Å². The summed E-state index contributed by atoms with van der Waals surface area (Å²) in [4.78, 5) is 0. The molecule has 0 spiro atoms. The lowest BCUT2D eigenvalue weighted by Crippen LogP contribution is -1.94. The number of unbranched alkanes of at least 4 members (excludes halogenated alkanes) is 1. The summed E-state index contributed by atoms with van der Waals surface area (Å²) in [6, 6.07) is 16.6. The van der Waals surface area contributed by atoms with Gasteiger partial charge in [-0.15, -0.1) is 0 Å². The van der Waals surface area contributed by atoms with Gasteiger partial charge >= 0.3 is 0 Å². The van der Waals surface area contributed by atoms with Crippen molar-refractivity contribution >= 4 is 0 Å². The molecule has 0 bridgehead atoms. The van der Waals surface area contributed by atoms with E-state index >= 15 is 0 Å². The Labute approximate surface area is 121 Å². The highest BCUT2D eigenvalue weighted by molar-refractivity contribution is 5.42. The van der Waals surface area contributed by atoms with Gasteiger partial charge in [-0.25, -0.2) is 0 Å². The summed E-state index contributed by atoms with van der Waals surface area (Å²) in [5.74, 6) is 1.58. The molecule has 0 atom stereocenters. The second-order valence-electron chi connectivity index (χ2n) is 4.71. The van der Waals surface area contributed by atoms with Crippen LogP contribution in [0.25, 0.3) is 0 Å². The number of methoxy groups -OCH3 is 2. The average Bonchev–Trinajstić information content (AvgIpc) is 2.52. The topological polar surface area (TPSA) is 18.5 Å². The van der Waals surface area contributed by atoms with Gasteiger partial charge in [-0.3, -0.25) is 0 Å². The Hall–Kier alpha value is -1.96. The molecule has 2 rings (SSSR count). The van der Waals surface area contributed by atoms with Crippen LogP contribution < -0.4 is 9.47 Å². The summed E-state index contributed by atoms with van der Waals surface area (Å²) in [6.07, 6.45) is 5.43. The van der Waals surface area contributed by atoms with Crippen molar-refractivity contribution in [3.05, 3.63) is 66.1 Å². The smallest absolute Gasteiger partial charge is 0.160 e. The molecular weight excluding hydrogens is 248 g/mol. The van der Waals surface area contributed by atoms with Crippen LogP contribution in [-0.2, 0) is 12.8 Å². The van der Waals surface area contributed by atoms with Gasteiger partial charge in [0.05, 0.1) is 14.2 Å². The van der Waals surface area contributed by atoms with Crippen LogP contribution in [0.1, 0.15) is 17.5 Å². The van der Waals surface area contributed by atoms with E-state index in [9.17, 15) is 0 Å². The van der Waals surface area contributed by atoms with Gasteiger partial charge in [0.25, 0.3) is 0 Å².